The Kier molecular flexibility index (Phi) is 8.64. The molecule has 0 saturated carbocycles. The molecule has 0 aromatic heterocycles. The second-order valence-corrected chi connectivity index (χ2v) is 13.6. The number of ether oxygens (including phenoxy) is 4. The van der Waals surface area contributed by atoms with E-state index in [-0.39, 0.29) is 12.7 Å². The van der Waals surface area contributed by atoms with Crippen LogP contribution in [0.2, 0.25) is 0 Å². The molecule has 3 heterocycles. The quantitative estimate of drug-likeness (QED) is 0.250. The molecule has 3 aliphatic rings. The second-order valence-electron chi connectivity index (χ2n) is 11.9. The highest BCUT2D eigenvalue weighted by Crippen LogP contribution is 2.48. The van der Waals surface area contributed by atoms with Gasteiger partial charge < -0.3 is 32.8 Å². The average molecular weight is 569 g/mol. The number of fused-ring (bicyclic) bond motifs is 1. The summed E-state index contributed by atoms with van der Waals surface area (Å²) in [5.41, 5.74) is -1.13. The van der Waals surface area contributed by atoms with E-state index >= 15 is 0 Å². The van der Waals surface area contributed by atoms with Crippen molar-refractivity contribution in [2.75, 3.05) is 6.61 Å². The summed E-state index contributed by atoms with van der Waals surface area (Å²) in [6, 6.07) is 6.97. The molecule has 11 nitrogen and oxygen atoms in total. The molecular formula is C26H41BNO10P. The van der Waals surface area contributed by atoms with Crippen LogP contribution in [0.1, 0.15) is 62.3 Å². The van der Waals surface area contributed by atoms with Crippen molar-refractivity contribution in [1.82, 2.24) is 5.09 Å². The fourth-order valence-electron chi connectivity index (χ4n) is 4.60. The van der Waals surface area contributed by atoms with Gasteiger partial charge in [-0.2, -0.15) is 5.09 Å². The maximum Gasteiger partial charge on any atom is 0.491 e. The first-order valence-corrected chi connectivity index (χ1v) is 14.9. The Labute approximate surface area is 231 Å². The Morgan fingerprint density at radius 3 is 2.18 bits per heavy atom. The van der Waals surface area contributed by atoms with Gasteiger partial charge in [0.05, 0.1) is 23.9 Å². The predicted molar refractivity (Wildman–Crippen MR) is 143 cm³/mol. The van der Waals surface area contributed by atoms with Crippen LogP contribution in [0, 0.1) is 0 Å². The molecule has 1 N–H and O–H groups in total. The van der Waals surface area contributed by atoms with Crippen molar-refractivity contribution >= 4 is 20.8 Å². The van der Waals surface area contributed by atoms with E-state index < -0.39 is 68.2 Å². The third-order valence-corrected chi connectivity index (χ3v) is 8.80. The molecule has 13 heteroatoms. The first-order valence-electron chi connectivity index (χ1n) is 13.4. The van der Waals surface area contributed by atoms with E-state index in [1.54, 1.807) is 44.2 Å². The van der Waals surface area contributed by atoms with Crippen LogP contribution in [-0.2, 0) is 42.1 Å². The van der Waals surface area contributed by atoms with E-state index in [1.165, 1.54) is 6.92 Å². The minimum absolute atomic E-state index is 0.181. The lowest BCUT2D eigenvalue weighted by atomic mass is 9.77. The van der Waals surface area contributed by atoms with E-state index in [2.05, 4.69) is 5.09 Å². The molecule has 4 rings (SSSR count). The molecule has 39 heavy (non-hydrogen) atoms. The van der Waals surface area contributed by atoms with Crippen molar-refractivity contribution in [1.29, 1.82) is 0 Å². The molecule has 0 spiro atoms. The Morgan fingerprint density at radius 2 is 1.59 bits per heavy atom. The standard InChI is InChI=1S/C26H41BNO10P/c1-16(2)32-23(29)17(3)28-39(30,36-18-13-11-10-12-14-18)31-15-19-20-21(35-26(8,9)34-20)22(33-19)27-37-24(4,5)25(6,7)38-27/h10-14,16-17,19-22H,15H2,1-9H3,(H,28,30)/t17-,19+,20+,21+,22+,39-/m0/s1. The number of para-hydroxylation sites is 1. The number of nitrogens with one attached hydrogen (secondary N) is 1. The maximum absolute atomic E-state index is 13.9. The number of hydrogen-bond acceptors (Lipinski definition) is 10. The van der Waals surface area contributed by atoms with Crippen molar-refractivity contribution in [2.24, 2.45) is 0 Å². The minimum Gasteiger partial charge on any atom is -0.462 e. The Bertz CT molecular complexity index is 1050. The van der Waals surface area contributed by atoms with Gasteiger partial charge in [-0.15, -0.1) is 0 Å². The number of carbonyl (C=O) groups is 1. The summed E-state index contributed by atoms with van der Waals surface area (Å²) in [6.07, 6.45) is -2.08. The fourth-order valence-corrected chi connectivity index (χ4v) is 6.10. The molecule has 0 aliphatic carbocycles. The largest absolute Gasteiger partial charge is 0.491 e. The van der Waals surface area contributed by atoms with Crippen LogP contribution < -0.4 is 9.61 Å². The van der Waals surface area contributed by atoms with Crippen molar-refractivity contribution in [3.8, 4) is 5.75 Å². The summed E-state index contributed by atoms with van der Waals surface area (Å²) in [5.74, 6) is -1.16. The fraction of sp³-hybridized carbons (Fsp3) is 0.731. The number of carbonyl (C=O) groups excluding carboxylic acids is 1. The van der Waals surface area contributed by atoms with Crippen molar-refractivity contribution in [3.05, 3.63) is 30.3 Å². The van der Waals surface area contributed by atoms with Crippen LogP contribution in [0.5, 0.6) is 5.75 Å². The maximum atomic E-state index is 13.9. The van der Waals surface area contributed by atoms with Crippen molar-refractivity contribution in [2.45, 2.75) is 116 Å². The van der Waals surface area contributed by atoms with Gasteiger partial charge >= 0.3 is 20.8 Å². The second kappa shape index (κ2) is 11.1. The van der Waals surface area contributed by atoms with Gasteiger partial charge in [-0.3, -0.25) is 9.32 Å². The van der Waals surface area contributed by atoms with Crippen LogP contribution in [0.15, 0.2) is 30.3 Å². The van der Waals surface area contributed by atoms with Crippen LogP contribution in [0.3, 0.4) is 0 Å². The molecule has 3 fully saturated rings. The number of hydrogen-bond donors (Lipinski definition) is 1. The predicted octanol–water partition coefficient (Wildman–Crippen LogP) is 4.04. The van der Waals surface area contributed by atoms with Crippen LogP contribution in [-0.4, -0.2) is 73.1 Å². The van der Waals surface area contributed by atoms with E-state index in [0.717, 1.165) is 0 Å². The highest BCUT2D eigenvalue weighted by molar-refractivity contribution is 7.52. The topological polar surface area (TPSA) is 120 Å². The Morgan fingerprint density at radius 1 is 1.00 bits per heavy atom. The van der Waals surface area contributed by atoms with Gasteiger partial charge in [0.15, 0.2) is 5.79 Å². The van der Waals surface area contributed by atoms with E-state index in [9.17, 15) is 9.36 Å². The summed E-state index contributed by atoms with van der Waals surface area (Å²) in [7, 11) is -4.80. The lowest BCUT2D eigenvalue weighted by Gasteiger charge is -2.32. The summed E-state index contributed by atoms with van der Waals surface area (Å²) < 4.78 is 62.0. The van der Waals surface area contributed by atoms with E-state index in [1.807, 2.05) is 41.5 Å². The molecule has 0 amide bonds. The van der Waals surface area contributed by atoms with Crippen LogP contribution in [0.25, 0.3) is 0 Å². The minimum atomic E-state index is -4.09. The molecule has 0 unspecified atom stereocenters. The molecule has 1 aromatic carbocycles. The monoisotopic (exact) mass is 569 g/mol. The van der Waals surface area contributed by atoms with Gasteiger partial charge in [0, 0.05) is 0 Å². The van der Waals surface area contributed by atoms with Gasteiger partial charge in [-0.25, -0.2) is 4.57 Å². The third-order valence-electron chi connectivity index (χ3n) is 7.16. The summed E-state index contributed by atoms with van der Waals surface area (Å²) in [4.78, 5) is 12.5. The molecular weight excluding hydrogens is 528 g/mol. The molecule has 1 aromatic rings. The smallest absolute Gasteiger partial charge is 0.462 e. The zero-order valence-corrected chi connectivity index (χ0v) is 25.1. The van der Waals surface area contributed by atoms with Crippen LogP contribution >= 0.6 is 7.75 Å². The first-order chi connectivity index (χ1) is 18.0. The van der Waals surface area contributed by atoms with Gasteiger partial charge in [-0.05, 0) is 74.4 Å². The van der Waals surface area contributed by atoms with Gasteiger partial charge in [0.25, 0.3) is 0 Å². The molecule has 0 radical (unpaired) electrons. The Hall–Kier alpha value is -1.50. The molecule has 0 bridgehead atoms. The van der Waals surface area contributed by atoms with Crippen molar-refractivity contribution in [3.63, 3.8) is 0 Å². The summed E-state index contributed by atoms with van der Waals surface area (Å²) in [5, 5.41) is 2.69. The van der Waals surface area contributed by atoms with E-state index in [4.69, 9.17) is 37.3 Å². The van der Waals surface area contributed by atoms with Crippen molar-refractivity contribution < 1.29 is 46.7 Å². The molecule has 218 valence electrons. The van der Waals surface area contributed by atoms with Gasteiger partial charge in [0.2, 0.25) is 0 Å². The molecule has 6 atom stereocenters. The first kappa shape index (κ1) is 30.5. The normalized spacial score (nSPS) is 31.1. The zero-order valence-electron chi connectivity index (χ0n) is 24.2. The Balaban J connectivity index is 1.51. The van der Waals surface area contributed by atoms with Gasteiger partial charge in [0.1, 0.15) is 36.1 Å². The van der Waals surface area contributed by atoms with Crippen LogP contribution in [0.4, 0.5) is 0 Å². The lowest BCUT2D eigenvalue weighted by molar-refractivity contribution is -0.183. The molecule has 3 aliphatic heterocycles. The van der Waals surface area contributed by atoms with E-state index in [0.29, 0.717) is 5.75 Å². The number of rotatable bonds is 10. The molecule has 3 saturated heterocycles. The lowest BCUT2D eigenvalue weighted by Crippen LogP contribution is -2.44. The highest BCUT2D eigenvalue weighted by atomic mass is 31.2. The third kappa shape index (κ3) is 6.88. The number of esters is 1. The summed E-state index contributed by atoms with van der Waals surface area (Å²) in [6.45, 7) is 16.3. The summed E-state index contributed by atoms with van der Waals surface area (Å²) >= 11 is 0. The zero-order chi connectivity index (χ0) is 28.8. The van der Waals surface area contributed by atoms with Gasteiger partial charge in [-0.1, -0.05) is 18.2 Å². The number of benzene rings is 1. The SMILES string of the molecule is CC(C)OC(=O)[C@H](C)N[P@](=O)(OC[C@H]1O[C@@H](B2OC(C)(C)C(C)(C)O2)[C@@H]2OC(C)(C)O[C@@H]21)Oc1ccccc1. The average Bonchev–Trinajstić information content (AvgIpc) is 3.37. The highest BCUT2D eigenvalue weighted by Gasteiger charge is 2.64.